The van der Waals surface area contributed by atoms with Crippen LogP contribution >= 0.6 is 38.5 Å². The summed E-state index contributed by atoms with van der Waals surface area (Å²) >= 11 is 5.87. The van der Waals surface area contributed by atoms with Gasteiger partial charge in [-0.3, -0.25) is 0 Å². The predicted octanol–water partition coefficient (Wildman–Crippen LogP) is 4.79. The lowest BCUT2D eigenvalue weighted by molar-refractivity contribution is 0.717. The van der Waals surface area contributed by atoms with Crippen LogP contribution in [0.25, 0.3) is 0 Å². The molecule has 72 valence electrons. The summed E-state index contributed by atoms with van der Waals surface area (Å²) in [6.07, 6.45) is 5.17. The molecule has 1 aromatic carbocycles. The van der Waals surface area contributed by atoms with Crippen LogP contribution in [0.3, 0.4) is 0 Å². The second kappa shape index (κ2) is 6.02. The van der Waals surface area contributed by atoms with Crippen LogP contribution in [0.1, 0.15) is 31.7 Å². The van der Waals surface area contributed by atoms with E-state index in [1.807, 2.05) is 0 Å². The summed E-state index contributed by atoms with van der Waals surface area (Å²) in [5.41, 5.74) is 1.46. The quantitative estimate of drug-likeness (QED) is 0.540. The van der Waals surface area contributed by atoms with Crippen molar-refractivity contribution in [3.63, 3.8) is 0 Å². The molecule has 0 aliphatic heterocycles. The van der Waals surface area contributed by atoms with Crippen molar-refractivity contribution in [1.82, 2.24) is 0 Å². The van der Waals surface area contributed by atoms with Gasteiger partial charge < -0.3 is 0 Å². The fourth-order valence-corrected chi connectivity index (χ4v) is 2.10. The number of aryl methyl sites for hydroxylation is 1. The van der Waals surface area contributed by atoms with E-state index < -0.39 is 0 Å². The van der Waals surface area contributed by atoms with Crippen molar-refractivity contribution in [1.29, 1.82) is 0 Å². The topological polar surface area (TPSA) is 0 Å². The van der Waals surface area contributed by atoms with Gasteiger partial charge in [-0.25, -0.2) is 0 Å². The van der Waals surface area contributed by atoms with Gasteiger partial charge in [-0.15, -0.1) is 0 Å². The van der Waals surface area contributed by atoms with Crippen LogP contribution in [-0.4, -0.2) is 0 Å². The molecule has 1 aromatic rings. The van der Waals surface area contributed by atoms with E-state index in [0.29, 0.717) is 0 Å². The largest absolute Gasteiger partial charge is 0.0654 e. The average Bonchev–Trinajstić information content (AvgIpc) is 2.12. The van der Waals surface area contributed by atoms with Gasteiger partial charge in [-0.2, -0.15) is 0 Å². The monoisotopic (exact) mass is 352 g/mol. The molecule has 0 aliphatic rings. The summed E-state index contributed by atoms with van der Waals surface area (Å²) in [5, 5.41) is 0. The first-order valence-corrected chi connectivity index (χ1v) is 6.55. The highest BCUT2D eigenvalue weighted by molar-refractivity contribution is 14.1. The first kappa shape index (κ1) is 11.5. The SMILES string of the molecule is CCCCCc1ccc(Br)c(I)c1. The van der Waals surface area contributed by atoms with Crippen molar-refractivity contribution in [3.8, 4) is 0 Å². The highest BCUT2D eigenvalue weighted by atomic mass is 127. The molecule has 0 heterocycles. The van der Waals surface area contributed by atoms with Gasteiger partial charge in [-0.1, -0.05) is 25.8 Å². The maximum Gasteiger partial charge on any atom is 0.0309 e. The van der Waals surface area contributed by atoms with E-state index in [1.54, 1.807) is 0 Å². The van der Waals surface area contributed by atoms with Gasteiger partial charge in [0.2, 0.25) is 0 Å². The van der Waals surface area contributed by atoms with Crippen molar-refractivity contribution < 1.29 is 0 Å². The molecule has 0 spiro atoms. The first-order chi connectivity index (χ1) is 6.24. The molecule has 0 atom stereocenters. The fourth-order valence-electron chi connectivity index (χ4n) is 1.27. The van der Waals surface area contributed by atoms with E-state index in [4.69, 9.17) is 0 Å². The lowest BCUT2D eigenvalue weighted by Gasteiger charge is -2.02. The lowest BCUT2D eigenvalue weighted by atomic mass is 10.1. The van der Waals surface area contributed by atoms with E-state index >= 15 is 0 Å². The maximum atomic E-state index is 3.50. The Morgan fingerprint density at radius 2 is 2.08 bits per heavy atom. The highest BCUT2D eigenvalue weighted by Gasteiger charge is 1.97. The molecule has 0 aliphatic carbocycles. The molecular formula is C11H14BrI. The smallest absolute Gasteiger partial charge is 0.0309 e. The number of hydrogen-bond acceptors (Lipinski definition) is 0. The van der Waals surface area contributed by atoms with Gasteiger partial charge in [-0.05, 0) is 69.1 Å². The van der Waals surface area contributed by atoms with Gasteiger partial charge in [0, 0.05) is 8.04 Å². The number of unbranched alkanes of at least 4 members (excludes halogenated alkanes) is 2. The summed E-state index contributed by atoms with van der Waals surface area (Å²) in [6, 6.07) is 6.62. The van der Waals surface area contributed by atoms with Crippen molar-refractivity contribution in [2.45, 2.75) is 32.6 Å². The molecule has 1 rings (SSSR count). The number of benzene rings is 1. The zero-order valence-electron chi connectivity index (χ0n) is 7.82. The Kier molecular flexibility index (Phi) is 5.32. The highest BCUT2D eigenvalue weighted by Crippen LogP contribution is 2.20. The normalized spacial score (nSPS) is 10.4. The molecule has 0 saturated carbocycles. The van der Waals surface area contributed by atoms with Gasteiger partial charge in [0.1, 0.15) is 0 Å². The van der Waals surface area contributed by atoms with Crippen molar-refractivity contribution in [2.24, 2.45) is 0 Å². The van der Waals surface area contributed by atoms with Crippen LogP contribution in [0.5, 0.6) is 0 Å². The third kappa shape index (κ3) is 3.98. The zero-order valence-corrected chi connectivity index (χ0v) is 11.6. The Morgan fingerprint density at radius 3 is 2.69 bits per heavy atom. The van der Waals surface area contributed by atoms with E-state index in [2.05, 4.69) is 63.6 Å². The zero-order chi connectivity index (χ0) is 9.68. The molecule has 0 fully saturated rings. The van der Waals surface area contributed by atoms with Crippen molar-refractivity contribution in [3.05, 3.63) is 31.8 Å². The molecule has 0 amide bonds. The number of halogens is 2. The predicted molar refractivity (Wildman–Crippen MR) is 70.1 cm³/mol. The molecule has 13 heavy (non-hydrogen) atoms. The number of rotatable bonds is 4. The number of hydrogen-bond donors (Lipinski definition) is 0. The molecule has 0 N–H and O–H groups in total. The Bertz CT molecular complexity index is 271. The minimum atomic E-state index is 1.20. The van der Waals surface area contributed by atoms with Gasteiger partial charge >= 0.3 is 0 Å². The molecule has 0 unspecified atom stereocenters. The van der Waals surface area contributed by atoms with E-state index in [0.717, 1.165) is 0 Å². The average molecular weight is 353 g/mol. The fraction of sp³-hybridized carbons (Fsp3) is 0.455. The van der Waals surface area contributed by atoms with Crippen LogP contribution < -0.4 is 0 Å². The summed E-state index contributed by atoms with van der Waals surface area (Å²) in [5.74, 6) is 0. The summed E-state index contributed by atoms with van der Waals surface area (Å²) in [4.78, 5) is 0. The second-order valence-electron chi connectivity index (χ2n) is 3.21. The van der Waals surface area contributed by atoms with Crippen LogP contribution in [0.15, 0.2) is 22.7 Å². The first-order valence-electron chi connectivity index (χ1n) is 4.68. The Balaban J connectivity index is 2.53. The minimum Gasteiger partial charge on any atom is -0.0654 e. The Labute approximate surface area is 102 Å². The summed E-state index contributed by atoms with van der Waals surface area (Å²) in [7, 11) is 0. The summed E-state index contributed by atoms with van der Waals surface area (Å²) < 4.78 is 2.51. The second-order valence-corrected chi connectivity index (χ2v) is 5.22. The Hall–Kier alpha value is 0.430. The van der Waals surface area contributed by atoms with Crippen molar-refractivity contribution >= 4 is 38.5 Å². The van der Waals surface area contributed by atoms with Gasteiger partial charge in [0.05, 0.1) is 0 Å². The van der Waals surface area contributed by atoms with Crippen LogP contribution in [-0.2, 0) is 6.42 Å². The lowest BCUT2D eigenvalue weighted by Crippen LogP contribution is -1.86. The molecule has 0 aromatic heterocycles. The third-order valence-electron chi connectivity index (χ3n) is 2.05. The van der Waals surface area contributed by atoms with Crippen LogP contribution in [0.4, 0.5) is 0 Å². The molecule has 0 radical (unpaired) electrons. The minimum absolute atomic E-state index is 1.20. The Morgan fingerprint density at radius 1 is 1.31 bits per heavy atom. The third-order valence-corrected chi connectivity index (χ3v) is 4.38. The van der Waals surface area contributed by atoms with Gasteiger partial charge in [0.25, 0.3) is 0 Å². The van der Waals surface area contributed by atoms with Gasteiger partial charge in [0.15, 0.2) is 0 Å². The maximum absolute atomic E-state index is 3.50. The van der Waals surface area contributed by atoms with E-state index in [1.165, 1.54) is 39.3 Å². The van der Waals surface area contributed by atoms with Crippen LogP contribution in [0, 0.1) is 3.57 Å². The van der Waals surface area contributed by atoms with Crippen LogP contribution in [0.2, 0.25) is 0 Å². The molecule has 0 bridgehead atoms. The summed E-state index contributed by atoms with van der Waals surface area (Å²) in [6.45, 7) is 2.24. The van der Waals surface area contributed by atoms with Crippen molar-refractivity contribution in [2.75, 3.05) is 0 Å². The molecule has 0 saturated heterocycles. The standard InChI is InChI=1S/C11H14BrI/c1-2-3-4-5-9-6-7-10(12)11(13)8-9/h6-8H,2-5H2,1H3. The van der Waals surface area contributed by atoms with E-state index in [9.17, 15) is 0 Å². The molecular weight excluding hydrogens is 339 g/mol. The van der Waals surface area contributed by atoms with E-state index in [-0.39, 0.29) is 0 Å². The molecule has 0 nitrogen and oxygen atoms in total. The molecule has 2 heteroatoms.